The van der Waals surface area contributed by atoms with Crippen molar-refractivity contribution in [2.75, 3.05) is 7.11 Å². The Kier molecular flexibility index (Phi) is 3.62. The molecule has 18 heavy (non-hydrogen) atoms. The number of aromatic amines is 1. The molecule has 1 heterocycles. The Balaban J connectivity index is 2.07. The maximum atomic E-state index is 12.0. The predicted octanol–water partition coefficient (Wildman–Crippen LogP) is 1.91. The summed E-state index contributed by atoms with van der Waals surface area (Å²) in [4.78, 5) is 19.1. The third kappa shape index (κ3) is 2.68. The van der Waals surface area contributed by atoms with Crippen LogP contribution in [-0.2, 0) is 0 Å². The molecule has 2 N–H and O–H groups in total. The minimum atomic E-state index is -0.168. The number of rotatable bonds is 4. The summed E-state index contributed by atoms with van der Waals surface area (Å²) in [5, 5.41) is 2.86. The van der Waals surface area contributed by atoms with Crippen LogP contribution < -0.4 is 10.1 Å². The van der Waals surface area contributed by atoms with Crippen LogP contribution in [0, 0.1) is 0 Å². The van der Waals surface area contributed by atoms with E-state index in [0.717, 1.165) is 5.82 Å². The quantitative estimate of drug-likeness (QED) is 0.864. The van der Waals surface area contributed by atoms with Gasteiger partial charge in [-0.2, -0.15) is 0 Å². The van der Waals surface area contributed by atoms with Crippen molar-refractivity contribution >= 4 is 5.91 Å². The lowest BCUT2D eigenvalue weighted by atomic mass is 10.2. The number of carbonyl (C=O) groups excluding carboxylic acids is 1. The van der Waals surface area contributed by atoms with E-state index in [9.17, 15) is 4.79 Å². The molecule has 0 fully saturated rings. The van der Waals surface area contributed by atoms with Crippen molar-refractivity contribution in [3.63, 3.8) is 0 Å². The predicted molar refractivity (Wildman–Crippen MR) is 67.5 cm³/mol. The van der Waals surface area contributed by atoms with E-state index in [0.29, 0.717) is 11.3 Å². The second-order valence-electron chi connectivity index (χ2n) is 3.90. The highest BCUT2D eigenvalue weighted by Crippen LogP contribution is 2.14. The summed E-state index contributed by atoms with van der Waals surface area (Å²) in [6.45, 7) is 1.87. The van der Waals surface area contributed by atoms with Gasteiger partial charge in [0.2, 0.25) is 0 Å². The van der Waals surface area contributed by atoms with Crippen LogP contribution in [0.5, 0.6) is 5.75 Å². The lowest BCUT2D eigenvalue weighted by molar-refractivity contribution is 0.0938. The van der Waals surface area contributed by atoms with E-state index >= 15 is 0 Å². The zero-order valence-corrected chi connectivity index (χ0v) is 10.3. The monoisotopic (exact) mass is 245 g/mol. The topological polar surface area (TPSA) is 67.0 Å². The number of carbonyl (C=O) groups is 1. The third-order valence-electron chi connectivity index (χ3n) is 2.61. The van der Waals surface area contributed by atoms with Crippen molar-refractivity contribution in [1.29, 1.82) is 0 Å². The number of nitrogens with one attached hydrogen (secondary N) is 2. The van der Waals surface area contributed by atoms with Gasteiger partial charge in [-0.15, -0.1) is 0 Å². The average Bonchev–Trinajstić information content (AvgIpc) is 2.92. The molecule has 1 atom stereocenters. The molecule has 1 aromatic heterocycles. The molecule has 2 rings (SSSR count). The molecule has 1 aromatic carbocycles. The Morgan fingerprint density at radius 2 is 2.33 bits per heavy atom. The van der Waals surface area contributed by atoms with Crippen LogP contribution in [0.2, 0.25) is 0 Å². The number of ether oxygens (including phenoxy) is 1. The van der Waals surface area contributed by atoms with E-state index in [-0.39, 0.29) is 11.9 Å². The van der Waals surface area contributed by atoms with Crippen molar-refractivity contribution in [2.45, 2.75) is 13.0 Å². The third-order valence-corrected chi connectivity index (χ3v) is 2.61. The Bertz CT molecular complexity index is 523. The maximum absolute atomic E-state index is 12.0. The van der Waals surface area contributed by atoms with E-state index in [1.54, 1.807) is 43.8 Å². The van der Waals surface area contributed by atoms with Crippen LogP contribution in [-0.4, -0.2) is 23.0 Å². The zero-order chi connectivity index (χ0) is 13.0. The molecule has 0 saturated heterocycles. The fourth-order valence-corrected chi connectivity index (χ4v) is 1.63. The van der Waals surface area contributed by atoms with E-state index in [2.05, 4.69) is 15.3 Å². The summed E-state index contributed by atoms with van der Waals surface area (Å²) in [5.41, 5.74) is 0.563. The number of amides is 1. The largest absolute Gasteiger partial charge is 0.497 e. The highest BCUT2D eigenvalue weighted by Gasteiger charge is 2.13. The molecule has 1 amide bonds. The van der Waals surface area contributed by atoms with Crippen molar-refractivity contribution in [2.24, 2.45) is 0 Å². The summed E-state index contributed by atoms with van der Waals surface area (Å²) in [7, 11) is 1.57. The van der Waals surface area contributed by atoms with Crippen molar-refractivity contribution in [3.05, 3.63) is 48.0 Å². The molecule has 0 saturated carbocycles. The zero-order valence-electron chi connectivity index (χ0n) is 10.3. The number of methoxy groups -OCH3 is 1. The van der Waals surface area contributed by atoms with Gasteiger partial charge in [-0.1, -0.05) is 6.07 Å². The fourth-order valence-electron chi connectivity index (χ4n) is 1.63. The molecule has 5 nitrogen and oxygen atoms in total. The number of nitrogens with zero attached hydrogens (tertiary/aromatic N) is 1. The van der Waals surface area contributed by atoms with Crippen LogP contribution in [0.1, 0.15) is 29.1 Å². The van der Waals surface area contributed by atoms with Crippen LogP contribution in [0.3, 0.4) is 0 Å². The summed E-state index contributed by atoms with van der Waals surface area (Å²) < 4.78 is 5.08. The molecule has 0 radical (unpaired) electrons. The standard InChI is InChI=1S/C13H15N3O2/c1-9(12-14-6-7-15-12)16-13(17)10-4-3-5-11(8-10)18-2/h3-9H,1-2H3,(H,14,15)(H,16,17). The molecule has 0 spiro atoms. The summed E-state index contributed by atoms with van der Waals surface area (Å²) in [6.07, 6.45) is 3.38. The van der Waals surface area contributed by atoms with Crippen molar-refractivity contribution in [1.82, 2.24) is 15.3 Å². The number of H-pyrrole nitrogens is 1. The number of hydrogen-bond donors (Lipinski definition) is 2. The molecular formula is C13H15N3O2. The smallest absolute Gasteiger partial charge is 0.251 e. The summed E-state index contributed by atoms with van der Waals surface area (Å²) in [6, 6.07) is 6.85. The van der Waals surface area contributed by atoms with Crippen LogP contribution in [0.4, 0.5) is 0 Å². The number of hydrogen-bond acceptors (Lipinski definition) is 3. The molecule has 2 aromatic rings. The number of benzene rings is 1. The van der Waals surface area contributed by atoms with E-state index in [1.165, 1.54) is 0 Å². The molecule has 0 bridgehead atoms. The van der Waals surface area contributed by atoms with E-state index in [1.807, 2.05) is 6.92 Å². The first-order valence-electron chi connectivity index (χ1n) is 5.65. The normalized spacial score (nSPS) is 11.9. The van der Waals surface area contributed by atoms with Gasteiger partial charge < -0.3 is 15.0 Å². The second-order valence-corrected chi connectivity index (χ2v) is 3.90. The van der Waals surface area contributed by atoms with E-state index in [4.69, 9.17) is 4.74 Å². The minimum Gasteiger partial charge on any atom is -0.497 e. The number of imidazole rings is 1. The molecule has 0 aliphatic heterocycles. The Morgan fingerprint density at radius 1 is 1.50 bits per heavy atom. The van der Waals surface area contributed by atoms with E-state index < -0.39 is 0 Å². The first-order chi connectivity index (χ1) is 8.70. The fraction of sp³-hybridized carbons (Fsp3) is 0.231. The molecule has 0 aliphatic carbocycles. The maximum Gasteiger partial charge on any atom is 0.251 e. The first-order valence-corrected chi connectivity index (χ1v) is 5.65. The molecular weight excluding hydrogens is 230 g/mol. The van der Waals surface area contributed by atoms with Gasteiger partial charge in [0.25, 0.3) is 5.91 Å². The summed E-state index contributed by atoms with van der Waals surface area (Å²) >= 11 is 0. The first kappa shape index (κ1) is 12.2. The van der Waals surface area contributed by atoms with Gasteiger partial charge in [0, 0.05) is 18.0 Å². The Hall–Kier alpha value is -2.30. The molecule has 94 valence electrons. The van der Waals surface area contributed by atoms with Gasteiger partial charge in [0.1, 0.15) is 11.6 Å². The molecule has 1 unspecified atom stereocenters. The Labute approximate surface area is 105 Å². The molecule has 5 heteroatoms. The van der Waals surface area contributed by atoms with Crippen LogP contribution in [0.15, 0.2) is 36.7 Å². The van der Waals surface area contributed by atoms with Gasteiger partial charge in [-0.25, -0.2) is 4.98 Å². The highest BCUT2D eigenvalue weighted by atomic mass is 16.5. The minimum absolute atomic E-state index is 0.155. The second kappa shape index (κ2) is 5.35. The van der Waals surface area contributed by atoms with Crippen molar-refractivity contribution in [3.8, 4) is 5.75 Å². The molecule has 0 aliphatic rings. The lowest BCUT2D eigenvalue weighted by Gasteiger charge is -2.11. The van der Waals surface area contributed by atoms with Crippen LogP contribution >= 0.6 is 0 Å². The van der Waals surface area contributed by atoms with Crippen LogP contribution in [0.25, 0.3) is 0 Å². The lowest BCUT2D eigenvalue weighted by Crippen LogP contribution is -2.27. The average molecular weight is 245 g/mol. The highest BCUT2D eigenvalue weighted by molar-refractivity contribution is 5.94. The number of aromatic nitrogens is 2. The van der Waals surface area contributed by atoms with Gasteiger partial charge in [0.05, 0.1) is 13.2 Å². The Morgan fingerprint density at radius 3 is 3.00 bits per heavy atom. The van der Waals surface area contributed by atoms with Gasteiger partial charge >= 0.3 is 0 Å². The van der Waals surface area contributed by atoms with Crippen molar-refractivity contribution < 1.29 is 9.53 Å². The van der Waals surface area contributed by atoms with Gasteiger partial charge in [-0.05, 0) is 25.1 Å². The van der Waals surface area contributed by atoms with Gasteiger partial charge in [0.15, 0.2) is 0 Å². The SMILES string of the molecule is COc1cccc(C(=O)NC(C)c2ncc[nH]2)c1. The summed E-state index contributed by atoms with van der Waals surface area (Å²) in [5.74, 6) is 1.23. The van der Waals surface area contributed by atoms with Gasteiger partial charge in [-0.3, -0.25) is 4.79 Å².